The van der Waals surface area contributed by atoms with Gasteiger partial charge in [0.15, 0.2) is 5.69 Å². The Morgan fingerprint density at radius 2 is 1.58 bits per heavy atom. The van der Waals surface area contributed by atoms with Crippen molar-refractivity contribution in [3.8, 4) is 17.1 Å². The molecule has 0 spiro atoms. The van der Waals surface area contributed by atoms with Gasteiger partial charge in [-0.1, -0.05) is 69.2 Å². The lowest BCUT2D eigenvalue weighted by molar-refractivity contribution is -0.141. The summed E-state index contributed by atoms with van der Waals surface area (Å²) in [5, 5.41) is 0. The summed E-state index contributed by atoms with van der Waals surface area (Å²) < 4.78 is 74.9. The molecule has 38 heavy (non-hydrogen) atoms. The Morgan fingerprint density at radius 3 is 2.13 bits per heavy atom. The maximum atomic E-state index is 14.3. The molecular formula is C29H36F5N3O. The van der Waals surface area contributed by atoms with Crippen LogP contribution in [0.4, 0.5) is 22.0 Å². The van der Waals surface area contributed by atoms with E-state index in [1.807, 2.05) is 24.8 Å². The van der Waals surface area contributed by atoms with E-state index < -0.39 is 18.5 Å². The molecule has 9 heteroatoms. The number of halogens is 5. The number of aryl methyl sites for hydroxylation is 2. The molecule has 0 aliphatic carbocycles. The monoisotopic (exact) mass is 537 g/mol. The van der Waals surface area contributed by atoms with Crippen molar-refractivity contribution in [3.63, 3.8) is 0 Å². The Balaban J connectivity index is 2.04. The third kappa shape index (κ3) is 7.56. The first kappa shape index (κ1) is 29.6. The van der Waals surface area contributed by atoms with Crippen molar-refractivity contribution in [2.45, 2.75) is 85.8 Å². The van der Waals surface area contributed by atoms with Crippen molar-refractivity contribution in [1.29, 1.82) is 0 Å². The van der Waals surface area contributed by atoms with Gasteiger partial charge < -0.3 is 9.30 Å². The van der Waals surface area contributed by atoms with Crippen molar-refractivity contribution >= 4 is 0 Å². The zero-order chi connectivity index (χ0) is 27.9. The summed E-state index contributed by atoms with van der Waals surface area (Å²) in [6, 6.07) is 12.5. The average molecular weight is 538 g/mol. The summed E-state index contributed by atoms with van der Waals surface area (Å²) >= 11 is 0. The van der Waals surface area contributed by atoms with Gasteiger partial charge in [0.1, 0.15) is 11.6 Å². The van der Waals surface area contributed by atoms with E-state index in [1.165, 1.54) is 0 Å². The summed E-state index contributed by atoms with van der Waals surface area (Å²) in [5.74, 6) is 0.449. The van der Waals surface area contributed by atoms with Gasteiger partial charge in [0, 0.05) is 25.2 Å². The molecule has 0 radical (unpaired) electrons. The van der Waals surface area contributed by atoms with Crippen LogP contribution in [0, 0.1) is 13.8 Å². The number of hydrogen-bond acceptors (Lipinski definition) is 3. The van der Waals surface area contributed by atoms with Gasteiger partial charge >= 0.3 is 12.8 Å². The van der Waals surface area contributed by atoms with Crippen molar-refractivity contribution in [2.24, 2.45) is 0 Å². The molecule has 0 aliphatic heterocycles. The highest BCUT2D eigenvalue weighted by Crippen LogP contribution is 2.36. The smallest absolute Gasteiger partial charge is 0.434 e. The maximum absolute atomic E-state index is 14.3. The van der Waals surface area contributed by atoms with E-state index in [1.54, 1.807) is 54.8 Å². The predicted molar refractivity (Wildman–Crippen MR) is 139 cm³/mol. The number of nitrogens with zero attached hydrogens (tertiary/aromatic N) is 3. The van der Waals surface area contributed by atoms with Gasteiger partial charge in [0.05, 0.1) is 5.69 Å². The fourth-order valence-electron chi connectivity index (χ4n) is 4.71. The molecule has 1 heterocycles. The number of hydrogen-bond donors (Lipinski definition) is 0. The van der Waals surface area contributed by atoms with E-state index in [9.17, 15) is 22.0 Å². The highest BCUT2D eigenvalue weighted by Gasteiger charge is 2.39. The van der Waals surface area contributed by atoms with Gasteiger partial charge in [-0.05, 0) is 49.9 Å². The number of aromatic nitrogens is 2. The lowest BCUT2D eigenvalue weighted by atomic mass is 10.0. The molecule has 0 fully saturated rings. The van der Waals surface area contributed by atoms with Gasteiger partial charge in [-0.2, -0.15) is 22.0 Å². The normalized spacial score (nSPS) is 12.1. The van der Waals surface area contributed by atoms with E-state index in [0.717, 1.165) is 31.2 Å². The molecule has 3 aromatic rings. The van der Waals surface area contributed by atoms with Crippen LogP contribution in [0.15, 0.2) is 42.5 Å². The molecule has 0 N–H and O–H groups in total. The number of imidazole rings is 1. The first-order valence-corrected chi connectivity index (χ1v) is 13.0. The molecule has 1 aromatic heterocycles. The second-order valence-corrected chi connectivity index (χ2v) is 9.60. The highest BCUT2D eigenvalue weighted by molar-refractivity contribution is 5.57. The Hall–Kier alpha value is -2.94. The van der Waals surface area contributed by atoms with E-state index in [4.69, 9.17) is 0 Å². The minimum Gasteiger partial charge on any atom is -0.434 e. The number of ether oxygens (including phenoxy) is 1. The van der Waals surface area contributed by atoms with E-state index in [2.05, 4.69) is 9.72 Å². The molecule has 3 rings (SSSR count). The second kappa shape index (κ2) is 13.2. The van der Waals surface area contributed by atoms with Gasteiger partial charge in [0.25, 0.3) is 0 Å². The van der Waals surface area contributed by atoms with Crippen LogP contribution in [0.3, 0.4) is 0 Å². The van der Waals surface area contributed by atoms with E-state index in [-0.39, 0.29) is 18.0 Å². The molecule has 2 aromatic carbocycles. The van der Waals surface area contributed by atoms with Gasteiger partial charge in [0.2, 0.25) is 0 Å². The molecule has 0 unspecified atom stereocenters. The molecule has 0 bridgehead atoms. The molecule has 0 saturated carbocycles. The Kier molecular flexibility index (Phi) is 10.3. The molecule has 0 saturated heterocycles. The van der Waals surface area contributed by atoms with E-state index in [0.29, 0.717) is 42.1 Å². The highest BCUT2D eigenvalue weighted by atomic mass is 19.4. The Bertz CT molecular complexity index is 1150. The minimum absolute atomic E-state index is 0.0613. The van der Waals surface area contributed by atoms with Gasteiger partial charge in [-0.15, -0.1) is 0 Å². The quantitative estimate of drug-likeness (QED) is 0.205. The van der Waals surface area contributed by atoms with Crippen LogP contribution >= 0.6 is 0 Å². The third-order valence-electron chi connectivity index (χ3n) is 6.44. The third-order valence-corrected chi connectivity index (χ3v) is 6.44. The molecule has 0 amide bonds. The summed E-state index contributed by atoms with van der Waals surface area (Å²) in [6.07, 6.45) is -1.36. The SMILES string of the molecule is CCCCN(Cc1cc(C)c(OC(F)F)c(C)c1)Cc1c(C(F)(F)F)nc(-c2ccccc2)n1CCCC. The number of unbranched alkanes of at least 4 members (excludes halogenated alkanes) is 2. The van der Waals surface area contributed by atoms with Crippen LogP contribution in [-0.4, -0.2) is 27.6 Å². The molecular weight excluding hydrogens is 501 g/mol. The van der Waals surface area contributed by atoms with Crippen LogP contribution in [0.1, 0.15) is 67.6 Å². The minimum atomic E-state index is -4.60. The van der Waals surface area contributed by atoms with Gasteiger partial charge in [-0.25, -0.2) is 4.98 Å². The summed E-state index contributed by atoms with van der Waals surface area (Å²) in [5.41, 5.74) is 1.88. The first-order chi connectivity index (χ1) is 18.0. The predicted octanol–water partition coefficient (Wildman–Crippen LogP) is 8.39. The standard InChI is InChI=1S/C29H36F5N3O/c1-5-7-14-36(18-22-16-20(3)25(21(4)17-22)38-28(30)31)19-24-26(29(32,33)34)35-27(37(24)15-8-6-2)23-12-10-9-11-13-23/h9-13,16-17,28H,5-8,14-15,18-19H2,1-4H3. The Labute approximate surface area is 221 Å². The van der Waals surface area contributed by atoms with Crippen molar-refractivity contribution < 1.29 is 26.7 Å². The van der Waals surface area contributed by atoms with Crippen LogP contribution in [-0.2, 0) is 25.8 Å². The zero-order valence-electron chi connectivity index (χ0n) is 22.4. The van der Waals surface area contributed by atoms with E-state index >= 15 is 0 Å². The van der Waals surface area contributed by atoms with Crippen LogP contribution in [0.2, 0.25) is 0 Å². The largest absolute Gasteiger partial charge is 0.435 e. The molecule has 4 nitrogen and oxygen atoms in total. The fraction of sp³-hybridized carbons (Fsp3) is 0.483. The zero-order valence-corrected chi connectivity index (χ0v) is 22.4. The summed E-state index contributed by atoms with van der Waals surface area (Å²) in [7, 11) is 0. The number of alkyl halides is 5. The van der Waals surface area contributed by atoms with Crippen molar-refractivity contribution in [1.82, 2.24) is 14.5 Å². The second-order valence-electron chi connectivity index (χ2n) is 9.60. The van der Waals surface area contributed by atoms with Gasteiger partial charge in [-0.3, -0.25) is 4.90 Å². The van der Waals surface area contributed by atoms with Crippen LogP contribution < -0.4 is 4.74 Å². The lowest BCUT2D eigenvalue weighted by Crippen LogP contribution is -2.27. The first-order valence-electron chi connectivity index (χ1n) is 13.0. The Morgan fingerprint density at radius 1 is 0.947 bits per heavy atom. The van der Waals surface area contributed by atoms with Crippen LogP contribution in [0.5, 0.6) is 5.75 Å². The van der Waals surface area contributed by atoms with Crippen LogP contribution in [0.25, 0.3) is 11.4 Å². The summed E-state index contributed by atoms with van der Waals surface area (Å²) in [4.78, 5) is 6.12. The molecule has 0 atom stereocenters. The lowest BCUT2D eigenvalue weighted by Gasteiger charge is -2.25. The number of benzene rings is 2. The summed E-state index contributed by atoms with van der Waals surface area (Å²) in [6.45, 7) is 5.93. The maximum Gasteiger partial charge on any atom is 0.435 e. The fourth-order valence-corrected chi connectivity index (χ4v) is 4.71. The molecule has 0 aliphatic rings. The van der Waals surface area contributed by atoms with Crippen molar-refractivity contribution in [2.75, 3.05) is 6.54 Å². The van der Waals surface area contributed by atoms with Crippen molar-refractivity contribution in [3.05, 3.63) is 70.5 Å². The topological polar surface area (TPSA) is 30.3 Å². The number of rotatable bonds is 13. The average Bonchev–Trinajstić information content (AvgIpc) is 3.22. The molecule has 208 valence electrons.